The summed E-state index contributed by atoms with van der Waals surface area (Å²) in [6, 6.07) is 7.07. The summed E-state index contributed by atoms with van der Waals surface area (Å²) in [6.07, 6.45) is 3.44. The highest BCUT2D eigenvalue weighted by Crippen LogP contribution is 2.15. The zero-order valence-corrected chi connectivity index (χ0v) is 10.2. The highest BCUT2D eigenvalue weighted by molar-refractivity contribution is 5.89. The number of benzene rings is 1. The molecule has 1 heterocycles. The topological polar surface area (TPSA) is 55.0 Å². The fourth-order valence-corrected chi connectivity index (χ4v) is 1.31. The second-order valence-corrected chi connectivity index (χ2v) is 3.01. The van der Waals surface area contributed by atoms with E-state index in [1.807, 2.05) is 26.0 Å². The van der Waals surface area contributed by atoms with Gasteiger partial charge in [0.2, 0.25) is 0 Å². The van der Waals surface area contributed by atoms with Gasteiger partial charge in [0.05, 0.1) is 12.7 Å². The van der Waals surface area contributed by atoms with Crippen LogP contribution in [-0.2, 0) is 4.74 Å². The van der Waals surface area contributed by atoms with Crippen LogP contribution in [0.2, 0.25) is 0 Å². The van der Waals surface area contributed by atoms with Crippen molar-refractivity contribution in [2.45, 2.75) is 13.8 Å². The number of esters is 1. The van der Waals surface area contributed by atoms with Crippen molar-refractivity contribution in [3.05, 3.63) is 42.2 Å². The van der Waals surface area contributed by atoms with Crippen LogP contribution in [0, 0.1) is 0 Å². The summed E-state index contributed by atoms with van der Waals surface area (Å²) in [7, 11) is 1.36. The van der Waals surface area contributed by atoms with Crippen LogP contribution in [0.3, 0.4) is 0 Å². The lowest BCUT2D eigenvalue weighted by atomic mass is 10.1. The molecule has 0 saturated carbocycles. The van der Waals surface area contributed by atoms with Crippen LogP contribution in [0.1, 0.15) is 24.2 Å². The van der Waals surface area contributed by atoms with Gasteiger partial charge in [-0.3, -0.25) is 0 Å². The van der Waals surface area contributed by atoms with Gasteiger partial charge in [-0.25, -0.2) is 9.78 Å². The van der Waals surface area contributed by atoms with E-state index in [4.69, 9.17) is 0 Å². The molecule has 0 bridgehead atoms. The van der Waals surface area contributed by atoms with Gasteiger partial charge in [-0.15, -0.1) is 0 Å². The molecular formula is C13H16N2O2. The quantitative estimate of drug-likeness (QED) is 0.810. The second-order valence-electron chi connectivity index (χ2n) is 3.01. The number of carbonyl (C=O) groups excluding carboxylic acids is 1. The minimum atomic E-state index is -0.332. The first kappa shape index (κ1) is 13.0. The van der Waals surface area contributed by atoms with Crippen molar-refractivity contribution in [3.8, 4) is 11.4 Å². The Bertz CT molecular complexity index is 447. The molecule has 2 rings (SSSR count). The average molecular weight is 232 g/mol. The van der Waals surface area contributed by atoms with Gasteiger partial charge in [0.1, 0.15) is 5.82 Å². The largest absolute Gasteiger partial charge is 0.465 e. The molecule has 4 nitrogen and oxygen atoms in total. The third-order valence-electron chi connectivity index (χ3n) is 2.08. The molecule has 4 heteroatoms. The highest BCUT2D eigenvalue weighted by atomic mass is 16.5. The number of H-pyrrole nitrogens is 1. The highest BCUT2D eigenvalue weighted by Gasteiger charge is 2.05. The van der Waals surface area contributed by atoms with Crippen LogP contribution in [0.25, 0.3) is 11.4 Å². The predicted molar refractivity (Wildman–Crippen MR) is 66.7 cm³/mol. The first-order valence-electron chi connectivity index (χ1n) is 5.49. The third kappa shape index (κ3) is 3.17. The number of carbonyl (C=O) groups is 1. The number of rotatable bonds is 2. The summed E-state index contributed by atoms with van der Waals surface area (Å²) in [5, 5.41) is 0. The molecule has 17 heavy (non-hydrogen) atoms. The summed E-state index contributed by atoms with van der Waals surface area (Å²) in [6.45, 7) is 4.00. The molecule has 0 aliphatic carbocycles. The van der Waals surface area contributed by atoms with E-state index in [-0.39, 0.29) is 5.97 Å². The van der Waals surface area contributed by atoms with Crippen molar-refractivity contribution >= 4 is 5.97 Å². The molecule has 2 aromatic rings. The van der Waals surface area contributed by atoms with Crippen molar-refractivity contribution in [3.63, 3.8) is 0 Å². The molecular weight excluding hydrogens is 216 g/mol. The molecule has 0 aliphatic heterocycles. The Balaban J connectivity index is 0.000000686. The lowest BCUT2D eigenvalue weighted by molar-refractivity contribution is 0.0601. The van der Waals surface area contributed by atoms with Crippen molar-refractivity contribution < 1.29 is 9.53 Å². The van der Waals surface area contributed by atoms with E-state index in [0.717, 1.165) is 11.4 Å². The van der Waals surface area contributed by atoms with Crippen molar-refractivity contribution in [1.82, 2.24) is 9.97 Å². The smallest absolute Gasteiger partial charge is 0.337 e. The molecule has 0 saturated heterocycles. The Morgan fingerprint density at radius 2 is 1.88 bits per heavy atom. The molecule has 0 atom stereocenters. The number of nitrogens with zero attached hydrogens (tertiary/aromatic N) is 1. The monoisotopic (exact) mass is 232 g/mol. The lowest BCUT2D eigenvalue weighted by Gasteiger charge is -2.00. The van der Waals surface area contributed by atoms with Crippen LogP contribution >= 0.6 is 0 Å². The minimum Gasteiger partial charge on any atom is -0.465 e. The molecule has 1 aromatic carbocycles. The van der Waals surface area contributed by atoms with Crippen molar-refractivity contribution in [1.29, 1.82) is 0 Å². The number of aromatic nitrogens is 2. The molecule has 0 spiro atoms. The SMILES string of the molecule is CC.COC(=O)c1ccc(-c2ncc[nH]2)cc1. The zero-order chi connectivity index (χ0) is 12.7. The number of hydrogen-bond acceptors (Lipinski definition) is 3. The Labute approximate surface area is 101 Å². The predicted octanol–water partition coefficient (Wildman–Crippen LogP) is 2.89. The average Bonchev–Trinajstić information content (AvgIpc) is 2.94. The van der Waals surface area contributed by atoms with Gasteiger partial charge in [0.25, 0.3) is 0 Å². The number of aromatic amines is 1. The van der Waals surface area contributed by atoms with Gasteiger partial charge in [-0.2, -0.15) is 0 Å². The Hall–Kier alpha value is -2.10. The lowest BCUT2D eigenvalue weighted by Crippen LogP contribution is -2.00. The minimum absolute atomic E-state index is 0.332. The number of imidazole rings is 1. The third-order valence-corrected chi connectivity index (χ3v) is 2.08. The molecule has 0 aliphatic rings. The van der Waals surface area contributed by atoms with E-state index < -0.39 is 0 Å². The molecule has 1 N–H and O–H groups in total. The number of ether oxygens (including phenoxy) is 1. The fourth-order valence-electron chi connectivity index (χ4n) is 1.31. The van der Waals surface area contributed by atoms with Crippen LogP contribution < -0.4 is 0 Å². The normalized spacial score (nSPS) is 9.12. The summed E-state index contributed by atoms with van der Waals surface area (Å²) >= 11 is 0. The molecule has 90 valence electrons. The first-order valence-corrected chi connectivity index (χ1v) is 5.49. The summed E-state index contributed by atoms with van der Waals surface area (Å²) in [5.74, 6) is 0.451. The molecule has 0 amide bonds. The van der Waals surface area contributed by atoms with E-state index >= 15 is 0 Å². The summed E-state index contributed by atoms with van der Waals surface area (Å²) in [4.78, 5) is 18.3. The number of hydrogen-bond donors (Lipinski definition) is 1. The maximum atomic E-state index is 11.2. The Kier molecular flexibility index (Phi) is 4.94. The second kappa shape index (κ2) is 6.48. The van der Waals surface area contributed by atoms with E-state index in [0.29, 0.717) is 5.56 Å². The molecule has 0 radical (unpaired) electrons. The van der Waals surface area contributed by atoms with Gasteiger partial charge < -0.3 is 9.72 Å². The zero-order valence-electron chi connectivity index (χ0n) is 10.2. The number of methoxy groups -OCH3 is 1. The summed E-state index contributed by atoms with van der Waals surface area (Å²) in [5.41, 5.74) is 1.47. The summed E-state index contributed by atoms with van der Waals surface area (Å²) < 4.78 is 4.60. The van der Waals surface area contributed by atoms with E-state index in [1.165, 1.54) is 7.11 Å². The van der Waals surface area contributed by atoms with E-state index in [9.17, 15) is 4.79 Å². The van der Waals surface area contributed by atoms with Crippen LogP contribution in [0.5, 0.6) is 0 Å². The van der Waals surface area contributed by atoms with Crippen LogP contribution in [-0.4, -0.2) is 23.0 Å². The molecule has 0 unspecified atom stereocenters. The fraction of sp³-hybridized carbons (Fsp3) is 0.231. The van der Waals surface area contributed by atoms with Crippen molar-refractivity contribution in [2.75, 3.05) is 7.11 Å². The van der Waals surface area contributed by atoms with E-state index in [2.05, 4.69) is 14.7 Å². The van der Waals surface area contributed by atoms with Crippen molar-refractivity contribution in [2.24, 2.45) is 0 Å². The molecule has 0 fully saturated rings. The Morgan fingerprint density at radius 1 is 1.24 bits per heavy atom. The van der Waals surface area contributed by atoms with Gasteiger partial charge in [0.15, 0.2) is 0 Å². The van der Waals surface area contributed by atoms with Gasteiger partial charge in [0, 0.05) is 18.0 Å². The maximum absolute atomic E-state index is 11.2. The maximum Gasteiger partial charge on any atom is 0.337 e. The number of nitrogens with one attached hydrogen (secondary N) is 1. The molecule has 1 aromatic heterocycles. The van der Waals surface area contributed by atoms with Gasteiger partial charge in [-0.05, 0) is 12.1 Å². The van der Waals surface area contributed by atoms with Gasteiger partial charge >= 0.3 is 5.97 Å². The van der Waals surface area contributed by atoms with Gasteiger partial charge in [-0.1, -0.05) is 26.0 Å². The standard InChI is InChI=1S/C11H10N2O2.C2H6/c1-15-11(14)9-4-2-8(3-5-9)10-12-6-7-13-10;1-2/h2-7H,1H3,(H,12,13);1-2H3. The first-order chi connectivity index (χ1) is 8.31. The van der Waals surface area contributed by atoms with Crippen LogP contribution in [0.4, 0.5) is 0 Å². The Morgan fingerprint density at radius 3 is 2.35 bits per heavy atom. The van der Waals surface area contributed by atoms with E-state index in [1.54, 1.807) is 24.5 Å². The van der Waals surface area contributed by atoms with Crippen LogP contribution in [0.15, 0.2) is 36.7 Å².